The quantitative estimate of drug-likeness (QED) is 0.693. The number of hydrogen-bond acceptors (Lipinski definition) is 3. The van der Waals surface area contributed by atoms with Gasteiger partial charge in [0.15, 0.2) is 0 Å². The van der Waals surface area contributed by atoms with Crippen molar-refractivity contribution in [1.29, 1.82) is 0 Å². The van der Waals surface area contributed by atoms with Crippen molar-refractivity contribution in [1.82, 2.24) is 4.98 Å². The van der Waals surface area contributed by atoms with E-state index in [-0.39, 0.29) is 0 Å². The second-order valence-electron chi connectivity index (χ2n) is 5.06. The van der Waals surface area contributed by atoms with E-state index in [2.05, 4.69) is 4.98 Å². The predicted molar refractivity (Wildman–Crippen MR) is 83.7 cm³/mol. The minimum absolute atomic E-state index is 0.407. The fourth-order valence-corrected chi connectivity index (χ4v) is 3.71. The molecule has 1 N–H and O–H groups in total. The van der Waals surface area contributed by atoms with Gasteiger partial charge in [-0.25, -0.2) is 0 Å². The topological polar surface area (TPSA) is 49.9 Å². The van der Waals surface area contributed by atoms with Crippen molar-refractivity contribution in [3.8, 4) is 0 Å². The molecular formula is C17H11NO2S. The summed E-state index contributed by atoms with van der Waals surface area (Å²) in [7, 11) is 0. The molecule has 0 aliphatic heterocycles. The number of para-hydroxylation sites is 1. The number of aromatic amines is 1. The molecule has 0 saturated carbocycles. The first kappa shape index (κ1) is 12.3. The molecule has 0 amide bonds. The number of Topliss-reactive ketones (excluding diaryl/α,β-unsaturated/α-hetero) is 2. The maximum absolute atomic E-state index is 12.4. The van der Waals surface area contributed by atoms with E-state index in [0.717, 1.165) is 27.0 Å². The van der Waals surface area contributed by atoms with Gasteiger partial charge in [0.05, 0.1) is 11.3 Å². The monoisotopic (exact) mass is 293 g/mol. The number of nitrogens with one attached hydrogen (secondary N) is 1. The number of rotatable bonds is 1. The van der Waals surface area contributed by atoms with Gasteiger partial charge in [-0.15, -0.1) is 11.3 Å². The molecule has 3 nitrogen and oxygen atoms in total. The number of H-pyrrole nitrogens is 1. The molecule has 4 heteroatoms. The molecule has 0 fully saturated rings. The van der Waals surface area contributed by atoms with Gasteiger partial charge in [-0.2, -0.15) is 0 Å². The van der Waals surface area contributed by atoms with Crippen LogP contribution < -0.4 is 0 Å². The Morgan fingerprint density at radius 3 is 2.57 bits per heavy atom. The van der Waals surface area contributed by atoms with Crippen LogP contribution in [0.2, 0.25) is 0 Å². The molecule has 3 aromatic rings. The van der Waals surface area contributed by atoms with Crippen LogP contribution in [0.15, 0.2) is 47.4 Å². The van der Waals surface area contributed by atoms with Crippen LogP contribution in [-0.4, -0.2) is 16.6 Å². The van der Waals surface area contributed by atoms with Crippen molar-refractivity contribution >= 4 is 39.4 Å². The Bertz CT molecular complexity index is 929. The van der Waals surface area contributed by atoms with E-state index in [1.807, 2.05) is 41.8 Å². The summed E-state index contributed by atoms with van der Waals surface area (Å²) < 4.78 is 0. The summed E-state index contributed by atoms with van der Waals surface area (Å²) in [6, 6.07) is 11.5. The number of ketones is 2. The summed E-state index contributed by atoms with van der Waals surface area (Å²) in [5, 5.41) is 2.78. The van der Waals surface area contributed by atoms with Crippen molar-refractivity contribution in [3.63, 3.8) is 0 Å². The highest BCUT2D eigenvalue weighted by Gasteiger charge is 2.34. The molecule has 0 atom stereocenters. The Labute approximate surface area is 124 Å². The lowest BCUT2D eigenvalue weighted by molar-refractivity contribution is -0.111. The molecule has 0 radical (unpaired) electrons. The highest BCUT2D eigenvalue weighted by Crippen LogP contribution is 2.39. The van der Waals surface area contributed by atoms with E-state index in [9.17, 15) is 9.59 Å². The molecule has 2 heterocycles. The van der Waals surface area contributed by atoms with Crippen LogP contribution in [0.4, 0.5) is 0 Å². The van der Waals surface area contributed by atoms with E-state index in [0.29, 0.717) is 11.1 Å². The number of thiophene rings is 1. The summed E-state index contributed by atoms with van der Waals surface area (Å²) in [5.41, 5.74) is 3.51. The number of benzene rings is 1. The van der Waals surface area contributed by atoms with Crippen molar-refractivity contribution in [2.45, 2.75) is 6.92 Å². The van der Waals surface area contributed by atoms with Gasteiger partial charge in [0.25, 0.3) is 0 Å². The Kier molecular flexibility index (Phi) is 2.50. The maximum atomic E-state index is 12.4. The molecule has 4 rings (SSSR count). The summed E-state index contributed by atoms with van der Waals surface area (Å²) in [6.45, 7) is 1.73. The van der Waals surface area contributed by atoms with Crippen molar-refractivity contribution in [3.05, 3.63) is 63.5 Å². The molecule has 0 saturated heterocycles. The first-order valence-corrected chi connectivity index (χ1v) is 7.51. The molecule has 2 aromatic heterocycles. The highest BCUT2D eigenvalue weighted by atomic mass is 32.1. The van der Waals surface area contributed by atoms with Crippen molar-refractivity contribution in [2.24, 2.45) is 0 Å². The first-order valence-electron chi connectivity index (χ1n) is 6.63. The predicted octanol–water partition coefficient (Wildman–Crippen LogP) is 3.82. The normalized spacial score (nSPS) is 14.9. The van der Waals surface area contributed by atoms with E-state index in [1.54, 1.807) is 18.3 Å². The van der Waals surface area contributed by atoms with Gasteiger partial charge in [-0.3, -0.25) is 9.59 Å². The molecule has 1 aliphatic carbocycles. The molecule has 1 aromatic carbocycles. The SMILES string of the molecule is CC1=C(c2cccs2)c2[nH]c3ccccc3c2C(=O)C1=O. The highest BCUT2D eigenvalue weighted by molar-refractivity contribution is 7.11. The lowest BCUT2D eigenvalue weighted by Crippen LogP contribution is -2.22. The molecule has 0 bridgehead atoms. The van der Waals surface area contributed by atoms with Crippen LogP contribution in [0.25, 0.3) is 16.5 Å². The summed E-state index contributed by atoms with van der Waals surface area (Å²) >= 11 is 1.57. The number of carbonyl (C=O) groups excluding carboxylic acids is 2. The number of hydrogen-bond donors (Lipinski definition) is 1. The zero-order valence-electron chi connectivity index (χ0n) is 11.3. The third-order valence-electron chi connectivity index (χ3n) is 3.87. The Hall–Kier alpha value is -2.46. The van der Waals surface area contributed by atoms with Gasteiger partial charge in [0.2, 0.25) is 11.6 Å². The Balaban J connectivity index is 2.14. The minimum atomic E-state index is -0.416. The van der Waals surface area contributed by atoms with Crippen LogP contribution in [0.5, 0.6) is 0 Å². The summed E-state index contributed by atoms with van der Waals surface area (Å²) in [5.74, 6) is -0.823. The zero-order chi connectivity index (χ0) is 14.6. The average Bonchev–Trinajstić information content (AvgIpc) is 3.12. The number of fused-ring (bicyclic) bond motifs is 3. The third kappa shape index (κ3) is 1.59. The largest absolute Gasteiger partial charge is 0.354 e. The van der Waals surface area contributed by atoms with Crippen LogP contribution in [0.3, 0.4) is 0 Å². The fourth-order valence-electron chi connectivity index (χ4n) is 2.88. The van der Waals surface area contributed by atoms with Crippen LogP contribution in [0, 0.1) is 0 Å². The maximum Gasteiger partial charge on any atom is 0.235 e. The molecule has 102 valence electrons. The van der Waals surface area contributed by atoms with Gasteiger partial charge in [0, 0.05) is 26.9 Å². The van der Waals surface area contributed by atoms with E-state index >= 15 is 0 Å². The smallest absolute Gasteiger partial charge is 0.235 e. The molecule has 0 spiro atoms. The number of carbonyl (C=O) groups is 2. The van der Waals surface area contributed by atoms with Gasteiger partial charge >= 0.3 is 0 Å². The minimum Gasteiger partial charge on any atom is -0.354 e. The van der Waals surface area contributed by atoms with Crippen molar-refractivity contribution in [2.75, 3.05) is 0 Å². The zero-order valence-corrected chi connectivity index (χ0v) is 12.1. The van der Waals surface area contributed by atoms with Gasteiger partial charge in [0.1, 0.15) is 0 Å². The second kappa shape index (κ2) is 4.27. The summed E-state index contributed by atoms with van der Waals surface area (Å²) in [6.07, 6.45) is 0. The van der Waals surface area contributed by atoms with E-state index in [4.69, 9.17) is 0 Å². The fraction of sp³-hybridized carbons (Fsp3) is 0.0588. The third-order valence-corrected chi connectivity index (χ3v) is 4.76. The van der Waals surface area contributed by atoms with Crippen LogP contribution >= 0.6 is 11.3 Å². The van der Waals surface area contributed by atoms with Crippen LogP contribution in [-0.2, 0) is 4.79 Å². The summed E-state index contributed by atoms with van der Waals surface area (Å²) in [4.78, 5) is 29.0. The lowest BCUT2D eigenvalue weighted by Gasteiger charge is -2.15. The molecule has 21 heavy (non-hydrogen) atoms. The first-order chi connectivity index (χ1) is 10.2. The number of allylic oxidation sites excluding steroid dienone is 1. The van der Waals surface area contributed by atoms with Crippen molar-refractivity contribution < 1.29 is 9.59 Å². The molecule has 1 aliphatic rings. The Morgan fingerprint density at radius 2 is 1.81 bits per heavy atom. The van der Waals surface area contributed by atoms with Gasteiger partial charge < -0.3 is 4.98 Å². The average molecular weight is 293 g/mol. The van der Waals surface area contributed by atoms with Gasteiger partial charge in [-0.05, 0) is 24.4 Å². The van der Waals surface area contributed by atoms with E-state index in [1.165, 1.54) is 0 Å². The van der Waals surface area contributed by atoms with Crippen LogP contribution in [0.1, 0.15) is 27.9 Å². The Morgan fingerprint density at radius 1 is 1.00 bits per heavy atom. The van der Waals surface area contributed by atoms with Gasteiger partial charge in [-0.1, -0.05) is 24.3 Å². The number of aromatic nitrogens is 1. The standard InChI is InChI=1S/C17H11NO2S/c1-9-13(12-7-4-8-21-12)15-14(17(20)16(9)19)10-5-2-3-6-11(10)18-15/h2-8,18H,1H3. The molecular weight excluding hydrogens is 282 g/mol. The molecule has 0 unspecified atom stereocenters. The lowest BCUT2D eigenvalue weighted by atomic mass is 9.87. The van der Waals surface area contributed by atoms with E-state index < -0.39 is 11.6 Å². The second-order valence-corrected chi connectivity index (χ2v) is 6.00.